The van der Waals surface area contributed by atoms with E-state index in [9.17, 15) is 24.3 Å². The molecule has 5 rings (SSSR count). The number of benzene rings is 4. The molecule has 0 unspecified atom stereocenters. The van der Waals surface area contributed by atoms with Crippen LogP contribution in [0.3, 0.4) is 0 Å². The van der Waals surface area contributed by atoms with Crippen molar-refractivity contribution in [2.24, 2.45) is 0 Å². The van der Waals surface area contributed by atoms with Crippen molar-refractivity contribution < 1.29 is 24.2 Å². The number of pyridine rings is 1. The number of amides is 2. The number of nitrogens with zero attached hydrogens (tertiary/aromatic N) is 1. The number of fused-ring (bicyclic) bond motifs is 1. The molecule has 0 fully saturated rings. The Labute approximate surface area is 285 Å². The maximum Gasteiger partial charge on any atom is 0.313 e. The standard InChI is InChI=1S/C40H41N3O6/c1-25-18-19-43(24-29-13-17-34(49-5)26(2)20-29)38(46)36(25)42-37(45)33(22-27-11-15-32(16-12-27)40(3,4)39(47)48)41-35(44)23-28-10-14-30-8-6-7-9-31(30)21-28/h6-21,33H,22-24H2,1-5H3,(H,41,44)(H,42,45)(H,47,48)/t33-/m1/s1. The Morgan fingerprint density at radius 1 is 0.837 bits per heavy atom. The Morgan fingerprint density at radius 2 is 1.51 bits per heavy atom. The molecule has 2 amide bonds. The fourth-order valence-corrected chi connectivity index (χ4v) is 5.79. The fourth-order valence-electron chi connectivity index (χ4n) is 5.79. The third-order valence-corrected chi connectivity index (χ3v) is 8.91. The molecule has 0 radical (unpaired) electrons. The number of nitrogens with one attached hydrogen (secondary N) is 2. The average Bonchev–Trinajstić information content (AvgIpc) is 3.07. The molecule has 0 saturated carbocycles. The molecule has 0 spiro atoms. The van der Waals surface area contributed by atoms with E-state index in [4.69, 9.17) is 4.74 Å². The van der Waals surface area contributed by atoms with Crippen molar-refractivity contribution in [2.45, 2.75) is 58.5 Å². The summed E-state index contributed by atoms with van der Waals surface area (Å²) in [5.41, 5.74) is 3.20. The number of aromatic nitrogens is 1. The van der Waals surface area contributed by atoms with Gasteiger partial charge in [-0.25, -0.2) is 0 Å². The SMILES string of the molecule is COc1ccc(Cn2ccc(C)c(NC(=O)[C@@H](Cc3ccc(C(C)(C)C(=O)O)cc3)NC(=O)Cc3ccc4ccccc4c3)c2=O)cc1C. The second-order valence-electron chi connectivity index (χ2n) is 12.9. The lowest BCUT2D eigenvalue weighted by molar-refractivity contribution is -0.142. The van der Waals surface area contributed by atoms with Crippen LogP contribution in [0.25, 0.3) is 10.8 Å². The summed E-state index contributed by atoms with van der Waals surface area (Å²) in [6.07, 6.45) is 1.86. The van der Waals surface area contributed by atoms with Gasteiger partial charge in [-0.05, 0) is 84.0 Å². The van der Waals surface area contributed by atoms with Gasteiger partial charge < -0.3 is 25.0 Å². The van der Waals surface area contributed by atoms with E-state index in [1.54, 1.807) is 64.4 Å². The molecule has 0 bridgehead atoms. The van der Waals surface area contributed by atoms with Gasteiger partial charge in [0.15, 0.2) is 0 Å². The molecule has 252 valence electrons. The van der Waals surface area contributed by atoms with Crippen molar-refractivity contribution in [3.63, 3.8) is 0 Å². The molecule has 9 heteroatoms. The second-order valence-corrected chi connectivity index (χ2v) is 12.9. The Kier molecular flexibility index (Phi) is 10.3. The summed E-state index contributed by atoms with van der Waals surface area (Å²) in [6, 6.07) is 27.1. The fraction of sp³-hybridized carbons (Fsp3) is 0.250. The van der Waals surface area contributed by atoms with E-state index in [1.165, 1.54) is 4.57 Å². The van der Waals surface area contributed by atoms with Crippen LogP contribution in [0.5, 0.6) is 5.75 Å². The van der Waals surface area contributed by atoms with Crippen molar-refractivity contribution in [1.29, 1.82) is 0 Å². The number of aliphatic carboxylic acids is 1. The van der Waals surface area contributed by atoms with Crippen molar-refractivity contribution >= 4 is 34.2 Å². The molecule has 0 aliphatic heterocycles. The largest absolute Gasteiger partial charge is 0.496 e. The minimum atomic E-state index is -1.10. The molecule has 5 aromatic rings. The maximum atomic E-state index is 13.9. The zero-order valence-corrected chi connectivity index (χ0v) is 28.4. The number of aryl methyl sites for hydroxylation is 2. The van der Waals surface area contributed by atoms with Crippen LogP contribution < -0.4 is 20.9 Å². The van der Waals surface area contributed by atoms with E-state index >= 15 is 0 Å². The van der Waals surface area contributed by atoms with Crippen LogP contribution >= 0.6 is 0 Å². The number of anilines is 1. The number of hydrogen-bond acceptors (Lipinski definition) is 5. The molecule has 0 aliphatic rings. The van der Waals surface area contributed by atoms with Crippen molar-refractivity contribution in [3.8, 4) is 5.75 Å². The minimum absolute atomic E-state index is 0.0544. The Morgan fingerprint density at radius 3 is 2.18 bits per heavy atom. The van der Waals surface area contributed by atoms with Crippen molar-refractivity contribution in [2.75, 3.05) is 12.4 Å². The molecular weight excluding hydrogens is 618 g/mol. The van der Waals surface area contributed by atoms with E-state index in [0.29, 0.717) is 16.7 Å². The van der Waals surface area contributed by atoms with Gasteiger partial charge in [-0.2, -0.15) is 0 Å². The predicted molar refractivity (Wildman–Crippen MR) is 191 cm³/mol. The maximum absolute atomic E-state index is 13.9. The average molecular weight is 660 g/mol. The highest BCUT2D eigenvalue weighted by molar-refractivity contribution is 5.98. The Balaban J connectivity index is 1.40. The van der Waals surface area contributed by atoms with E-state index in [1.807, 2.05) is 67.6 Å². The molecule has 4 aromatic carbocycles. The summed E-state index contributed by atoms with van der Waals surface area (Å²) in [6.45, 7) is 7.21. The zero-order chi connectivity index (χ0) is 35.3. The van der Waals surface area contributed by atoms with Crippen LogP contribution in [0.15, 0.2) is 102 Å². The molecule has 1 aromatic heterocycles. The van der Waals surface area contributed by atoms with Gasteiger partial charge in [-0.15, -0.1) is 0 Å². The molecule has 9 nitrogen and oxygen atoms in total. The number of carbonyl (C=O) groups is 3. The van der Waals surface area contributed by atoms with Gasteiger partial charge in [-0.1, -0.05) is 78.9 Å². The van der Waals surface area contributed by atoms with Crippen molar-refractivity contribution in [3.05, 3.63) is 141 Å². The van der Waals surface area contributed by atoms with Crippen molar-refractivity contribution in [1.82, 2.24) is 9.88 Å². The van der Waals surface area contributed by atoms with Crippen LogP contribution in [-0.4, -0.2) is 40.6 Å². The third kappa shape index (κ3) is 8.06. The molecule has 3 N–H and O–H groups in total. The first-order valence-electron chi connectivity index (χ1n) is 16.1. The zero-order valence-electron chi connectivity index (χ0n) is 28.4. The van der Waals surface area contributed by atoms with Gasteiger partial charge in [0.1, 0.15) is 17.5 Å². The number of hydrogen-bond donors (Lipinski definition) is 3. The van der Waals surface area contributed by atoms with E-state index < -0.39 is 23.3 Å². The van der Waals surface area contributed by atoms with Crippen LogP contribution in [0.1, 0.15) is 47.2 Å². The van der Waals surface area contributed by atoms with Crippen LogP contribution in [0, 0.1) is 13.8 Å². The van der Waals surface area contributed by atoms with E-state index in [0.717, 1.165) is 33.2 Å². The highest BCUT2D eigenvalue weighted by Gasteiger charge is 2.30. The lowest BCUT2D eigenvalue weighted by Crippen LogP contribution is -2.46. The third-order valence-electron chi connectivity index (χ3n) is 8.91. The molecule has 0 aliphatic carbocycles. The predicted octanol–water partition coefficient (Wildman–Crippen LogP) is 5.95. The Hall–Kier alpha value is -5.70. The molecule has 1 atom stereocenters. The number of ether oxygens (including phenoxy) is 1. The smallest absolute Gasteiger partial charge is 0.313 e. The summed E-state index contributed by atoms with van der Waals surface area (Å²) < 4.78 is 6.88. The number of rotatable bonds is 12. The van der Waals surface area contributed by atoms with Crippen LogP contribution in [0.4, 0.5) is 5.69 Å². The molecular formula is C40H41N3O6. The quantitative estimate of drug-likeness (QED) is 0.152. The van der Waals surface area contributed by atoms with Gasteiger partial charge in [0.05, 0.1) is 25.5 Å². The van der Waals surface area contributed by atoms with E-state index in [2.05, 4.69) is 10.6 Å². The number of methoxy groups -OCH3 is 1. The summed E-state index contributed by atoms with van der Waals surface area (Å²) in [7, 11) is 1.61. The van der Waals surface area contributed by atoms with Gasteiger partial charge >= 0.3 is 5.97 Å². The van der Waals surface area contributed by atoms with E-state index in [-0.39, 0.29) is 36.5 Å². The van der Waals surface area contributed by atoms with Gasteiger partial charge in [0.2, 0.25) is 11.8 Å². The first-order chi connectivity index (χ1) is 23.3. The lowest BCUT2D eigenvalue weighted by Gasteiger charge is -2.22. The summed E-state index contributed by atoms with van der Waals surface area (Å²) in [4.78, 5) is 52.8. The highest BCUT2D eigenvalue weighted by Crippen LogP contribution is 2.24. The minimum Gasteiger partial charge on any atom is -0.496 e. The summed E-state index contributed by atoms with van der Waals surface area (Å²) in [5, 5.41) is 17.4. The highest BCUT2D eigenvalue weighted by atomic mass is 16.5. The lowest BCUT2D eigenvalue weighted by atomic mass is 9.84. The number of carboxylic acids is 1. The van der Waals surface area contributed by atoms with Gasteiger partial charge in [0, 0.05) is 12.6 Å². The van der Waals surface area contributed by atoms with Gasteiger partial charge in [0.25, 0.3) is 5.56 Å². The summed E-state index contributed by atoms with van der Waals surface area (Å²) >= 11 is 0. The monoisotopic (exact) mass is 659 g/mol. The molecule has 49 heavy (non-hydrogen) atoms. The Bertz CT molecular complexity index is 2080. The van der Waals surface area contributed by atoms with Crippen LogP contribution in [0.2, 0.25) is 0 Å². The summed E-state index contributed by atoms with van der Waals surface area (Å²) in [5.74, 6) is -1.09. The topological polar surface area (TPSA) is 127 Å². The molecule has 0 saturated heterocycles. The second kappa shape index (κ2) is 14.6. The molecule has 1 heterocycles. The van der Waals surface area contributed by atoms with Gasteiger partial charge in [-0.3, -0.25) is 19.2 Å². The number of carbonyl (C=O) groups excluding carboxylic acids is 2. The number of carboxylic acid groups (broad SMARTS) is 1. The first kappa shape index (κ1) is 34.6. The normalized spacial score (nSPS) is 11.9. The first-order valence-corrected chi connectivity index (χ1v) is 16.1. The van der Waals surface area contributed by atoms with Crippen LogP contribution in [-0.2, 0) is 39.2 Å².